The summed E-state index contributed by atoms with van der Waals surface area (Å²) in [4.78, 5) is 24.8. The number of benzene rings is 17. The predicted octanol–water partition coefficient (Wildman–Crippen LogP) is 20.9. The van der Waals surface area contributed by atoms with Gasteiger partial charge in [0.2, 0.25) is 22.1 Å². The van der Waals surface area contributed by atoms with Crippen molar-refractivity contribution < 1.29 is 39.5 Å². The maximum Gasteiger partial charge on any atom is 0.217 e. The van der Waals surface area contributed by atoms with Crippen LogP contribution in [0.15, 0.2) is 413 Å². The third kappa shape index (κ3) is 20.6. The molecule has 23 aromatic rings. The number of ether oxygens (including phenoxy) is 1. The summed E-state index contributed by atoms with van der Waals surface area (Å²) < 4.78 is 5.21. The van der Waals surface area contributed by atoms with Crippen molar-refractivity contribution in [3.8, 4) is 16.9 Å². The van der Waals surface area contributed by atoms with Crippen LogP contribution >= 0.6 is 23.2 Å². The number of halogens is 4. The van der Waals surface area contributed by atoms with Gasteiger partial charge in [0.1, 0.15) is 5.75 Å². The van der Waals surface area contributed by atoms with E-state index in [0.29, 0.717) is 10.0 Å². The fourth-order valence-corrected chi connectivity index (χ4v) is 15.9. The Balaban J connectivity index is 0.000000116. The minimum Gasteiger partial charge on any atom is -1.00 e. The van der Waals surface area contributed by atoms with Gasteiger partial charge in [-0.25, -0.2) is 19.9 Å². The van der Waals surface area contributed by atoms with Crippen LogP contribution in [0, 0.1) is 0 Å². The zero-order valence-corrected chi connectivity index (χ0v) is 73.1. The lowest BCUT2D eigenvalue weighted by atomic mass is 10.0. The number of nitrogens with zero attached hydrogens (tertiary/aromatic N) is 4. The van der Waals surface area contributed by atoms with E-state index in [2.05, 4.69) is 157 Å². The van der Waals surface area contributed by atoms with Crippen LogP contribution in [0.1, 0.15) is 5.56 Å². The van der Waals surface area contributed by atoms with Crippen molar-refractivity contribution in [1.82, 2.24) is 19.9 Å². The number of hydrogen-bond acceptors (Lipinski definition) is 13. The zero-order chi connectivity index (χ0) is 87.0. The van der Waals surface area contributed by atoms with E-state index in [0.717, 1.165) is 195 Å². The Labute approximate surface area is 768 Å². The first kappa shape index (κ1) is 88.0. The molecule has 15 N–H and O–H groups in total. The highest BCUT2D eigenvalue weighted by Gasteiger charge is 2.16. The molecule has 6 heterocycles. The highest BCUT2D eigenvalue weighted by atomic mass is 35.5. The van der Waals surface area contributed by atoms with E-state index >= 15 is 0 Å². The number of aromatic nitrogens is 6. The molecule has 0 radical (unpaired) electrons. The second-order valence-corrected chi connectivity index (χ2v) is 31.0. The van der Waals surface area contributed by atoms with Crippen LogP contribution in [-0.4, -0.2) is 27.0 Å². The van der Waals surface area contributed by atoms with Gasteiger partial charge in [-0.15, -0.1) is 0 Å². The van der Waals surface area contributed by atoms with Gasteiger partial charge in [0.25, 0.3) is 0 Å². The number of fused-ring (bicyclic) bond motifs is 12. The summed E-state index contributed by atoms with van der Waals surface area (Å²) >= 11 is 12.0. The van der Waals surface area contributed by atoms with Crippen LogP contribution in [0.3, 0.4) is 0 Å². The normalized spacial score (nSPS) is 10.7. The Morgan fingerprint density at radius 1 is 0.295 bits per heavy atom. The molecule has 0 saturated carbocycles. The van der Waals surface area contributed by atoms with Gasteiger partial charge in [-0.2, -0.15) is 0 Å². The molecule has 0 aliphatic carbocycles. The molecular weight excluding hydrogens is 1680 g/mol. The van der Waals surface area contributed by atoms with Crippen LogP contribution in [0.5, 0.6) is 5.75 Å². The highest BCUT2D eigenvalue weighted by molar-refractivity contribution is 6.32. The number of nitrogen functional groups attached to an aromatic ring is 5. The molecule has 0 aliphatic heterocycles. The summed E-state index contributed by atoms with van der Waals surface area (Å²) in [5, 5.41) is 27.0. The van der Waals surface area contributed by atoms with Crippen LogP contribution in [0.25, 0.3) is 142 Å². The van der Waals surface area contributed by atoms with Gasteiger partial charge in [-0.1, -0.05) is 260 Å². The van der Waals surface area contributed by atoms with Gasteiger partial charge in [-0.05, 0) is 167 Å². The zero-order valence-electron chi connectivity index (χ0n) is 70.1. The topological polar surface area (TPSA) is 255 Å². The number of rotatable bonds is 9. The average molecular weight is 1760 g/mol. The lowest BCUT2D eigenvalue weighted by molar-refractivity contribution is -0.310. The number of hydrogen-bond donors (Lipinski definition) is 8. The molecule has 0 atom stereocenters. The van der Waals surface area contributed by atoms with Gasteiger partial charge in [0.15, 0.2) is 0 Å². The van der Waals surface area contributed by atoms with Crippen molar-refractivity contribution in [2.24, 2.45) is 0 Å². The lowest BCUT2D eigenvalue weighted by Gasteiger charge is -2.13. The van der Waals surface area contributed by atoms with Crippen LogP contribution in [-0.2, 0) is 6.54 Å². The van der Waals surface area contributed by atoms with E-state index in [1.165, 1.54) is 21.9 Å². The first-order valence-corrected chi connectivity index (χ1v) is 42.2. The number of aromatic amines is 2. The van der Waals surface area contributed by atoms with Crippen molar-refractivity contribution >= 4 is 211 Å². The quantitative estimate of drug-likeness (QED) is 0.0495. The first-order chi connectivity index (χ1) is 62.3. The molecule has 23 rings (SSSR count). The molecular formula is C110H88Cl4N14O. The smallest absolute Gasteiger partial charge is 0.217 e. The molecule has 19 heteroatoms. The van der Waals surface area contributed by atoms with E-state index < -0.39 is 0 Å². The standard InChI is InChI=1S/2C19H14N2.C16H13ClN2.C15H11ClN2.C14H12N2O.C14H11N.C13H11N3.2ClH/c1-2-8-14(9-3-1)20-19-15-10-4-6-12-17(15)21-18-13-7-5-11-16(18)19;20-19-15-8-4-5-9-17(15)21-18-12-14(10-11-16(18)19)13-6-2-1-3-7-13;17-13-6-7-14-15(8-9-18-16(14)10-13)19-11-12-4-2-1-3-5-12;16-11-6-7-13-14(8-9-17-15(13)10-11)18-12-4-2-1-3-5-12;1-17-9-6-7-11-13(8-9)16-12-5-3-2-4-10(12)14(11)15;15-14-12-7-3-1-5-10(12)9-11-6-2-4-8-13(11)14;14-8-5-6-10-12(7-8)16-11-4-2-1-3-9(11)13(10)15;;/h1-13H,(H,20,21);1-12H,(H2,20,21);1-10H,11H2,(H,18,19);1-10H,(H,17,18);2-8H,1H3,(H2,15,16);1-9H,15H2;1-7H,14H2,(H2,15,16);2*1H. The number of para-hydroxylation sites is 7. The Hall–Kier alpha value is -15.9. The largest absolute Gasteiger partial charge is 1.00 e. The summed E-state index contributed by atoms with van der Waals surface area (Å²) in [6.45, 7) is 0.794. The first-order valence-electron chi connectivity index (χ1n) is 41.4. The Morgan fingerprint density at radius 3 is 1.25 bits per heavy atom. The average Bonchev–Trinajstić information content (AvgIpc) is 0.818. The number of pyridine rings is 6. The number of nitrogens with one attached hydrogen (secondary N) is 5. The Bertz CT molecular complexity index is 7780. The maximum absolute atomic E-state index is 6.30. The Kier molecular flexibility index (Phi) is 28.2. The van der Waals surface area contributed by atoms with Crippen molar-refractivity contribution in [3.05, 3.63) is 428 Å². The predicted molar refractivity (Wildman–Crippen MR) is 537 cm³/mol. The van der Waals surface area contributed by atoms with E-state index in [1.54, 1.807) is 19.5 Å². The fraction of sp³-hybridized carbons (Fsp3) is 0.0182. The van der Waals surface area contributed by atoms with E-state index in [1.807, 2.05) is 279 Å². The van der Waals surface area contributed by atoms with Gasteiger partial charge >= 0.3 is 0 Å². The van der Waals surface area contributed by atoms with Crippen molar-refractivity contribution in [2.75, 3.05) is 51.7 Å². The number of H-pyrrole nitrogens is 2. The van der Waals surface area contributed by atoms with E-state index in [9.17, 15) is 0 Å². The van der Waals surface area contributed by atoms with Gasteiger partial charge in [-0.3, -0.25) is 9.97 Å². The molecule has 0 unspecified atom stereocenters. The number of methoxy groups -OCH3 is 1. The summed E-state index contributed by atoms with van der Waals surface area (Å²) in [6.07, 6.45) is 3.58. The second kappa shape index (κ2) is 41.3. The van der Waals surface area contributed by atoms with Crippen LogP contribution in [0.2, 0.25) is 10.0 Å². The molecule has 0 amide bonds. The maximum atomic E-state index is 6.30. The molecule has 0 aliphatic rings. The third-order valence-corrected chi connectivity index (χ3v) is 22.4. The molecule has 0 saturated heterocycles. The minimum atomic E-state index is 0. The van der Waals surface area contributed by atoms with Crippen molar-refractivity contribution in [3.63, 3.8) is 0 Å². The SMILES string of the molecule is COc1ccc2c(N)c3ccccc3[nH+]c2c1.Clc1ccc2c(NCc3ccccc3)ccnc2c1.Clc1ccc2c(Nc3ccccc3)ccnc2c1.Nc1c2ccccc2cc2ccccc12.Nc1c2ccccc2nc2cc(-c3ccccc3)ccc12.Nc1ccc2c(N)c3ccccc3[nH+]c2c1.[Cl-].[Cl-].c1ccc(Nc2c3ccccc3nc3ccccc23)cc1. The Morgan fingerprint density at radius 2 is 0.690 bits per heavy atom. The minimum absolute atomic E-state index is 0. The summed E-state index contributed by atoms with van der Waals surface area (Å²) in [7, 11) is 1.66. The summed E-state index contributed by atoms with van der Waals surface area (Å²) in [5.41, 5.74) is 53.2. The van der Waals surface area contributed by atoms with E-state index in [-0.39, 0.29) is 24.8 Å². The molecule has 129 heavy (non-hydrogen) atoms. The van der Waals surface area contributed by atoms with Crippen molar-refractivity contribution in [1.29, 1.82) is 0 Å². The molecule has 6 aromatic heterocycles. The summed E-state index contributed by atoms with van der Waals surface area (Å²) in [5.74, 6) is 0.823. The molecule has 0 fully saturated rings. The monoisotopic (exact) mass is 1760 g/mol. The molecule has 0 bridgehead atoms. The molecule has 632 valence electrons. The molecule has 15 nitrogen and oxygen atoms in total. The van der Waals surface area contributed by atoms with E-state index in [4.69, 9.17) is 66.6 Å². The highest BCUT2D eigenvalue weighted by Crippen LogP contribution is 2.37. The van der Waals surface area contributed by atoms with Crippen LogP contribution < -0.4 is 84.1 Å². The fourth-order valence-electron chi connectivity index (χ4n) is 15.5. The molecule has 0 spiro atoms. The van der Waals surface area contributed by atoms with Crippen LogP contribution in [0.4, 0.5) is 56.9 Å². The lowest BCUT2D eigenvalue weighted by Crippen LogP contribution is -3.00. The second-order valence-electron chi connectivity index (χ2n) is 30.1. The van der Waals surface area contributed by atoms with Crippen molar-refractivity contribution in [2.45, 2.75) is 6.54 Å². The number of anilines is 10. The van der Waals surface area contributed by atoms with Gasteiger partial charge < -0.3 is 74.2 Å². The van der Waals surface area contributed by atoms with Gasteiger partial charge in [0.05, 0.1) is 90.6 Å². The third-order valence-electron chi connectivity index (χ3n) is 21.9. The molecule has 17 aromatic carbocycles. The summed E-state index contributed by atoms with van der Waals surface area (Å²) in [6, 6.07) is 133. The number of nitrogens with two attached hydrogens (primary N) is 5. The van der Waals surface area contributed by atoms with Gasteiger partial charge in [0, 0.05) is 124 Å².